The zero-order chi connectivity index (χ0) is 11.2. The Morgan fingerprint density at radius 2 is 2.06 bits per heavy atom. The van der Waals surface area contributed by atoms with Crippen LogP contribution in [0.4, 0.5) is 0 Å². The van der Waals surface area contributed by atoms with E-state index in [2.05, 4.69) is 25.2 Å². The number of hydrogen-bond acceptors (Lipinski definition) is 3. The molecular weight excluding hydrogens is 220 g/mol. The summed E-state index contributed by atoms with van der Waals surface area (Å²) in [6, 6.07) is 9.46. The molecule has 0 saturated heterocycles. The number of allylic oxidation sites excluding steroid dienone is 3. The molecule has 1 aromatic carbocycles. The number of hydrogen-bond donors (Lipinski definition) is 0. The predicted octanol–water partition coefficient (Wildman–Crippen LogP) is 4.13. The second kappa shape index (κ2) is 5.77. The van der Waals surface area contributed by atoms with Crippen LogP contribution in [0.15, 0.2) is 53.5 Å². The van der Waals surface area contributed by atoms with Crippen molar-refractivity contribution >= 4 is 12.0 Å². The summed E-state index contributed by atoms with van der Waals surface area (Å²) in [5, 5.41) is 0. The van der Waals surface area contributed by atoms with E-state index < -0.39 is 0 Å². The Kier molecular flexibility index (Phi) is 4.08. The van der Waals surface area contributed by atoms with Crippen molar-refractivity contribution in [2.45, 2.75) is 13.3 Å². The molecule has 1 atom stereocenters. The Balaban J connectivity index is 1.75. The zero-order valence-electron chi connectivity index (χ0n) is 9.13. The predicted molar refractivity (Wildman–Crippen MR) is 66.8 cm³/mol. The fourth-order valence-corrected chi connectivity index (χ4v) is 1.83. The zero-order valence-corrected chi connectivity index (χ0v) is 9.94. The Morgan fingerprint density at radius 1 is 1.25 bits per heavy atom. The van der Waals surface area contributed by atoms with Crippen LogP contribution in [0, 0.1) is 5.92 Å². The van der Waals surface area contributed by atoms with Crippen LogP contribution in [-0.4, -0.2) is 0 Å². The highest BCUT2D eigenvalue weighted by molar-refractivity contribution is 7.98. The summed E-state index contributed by atoms with van der Waals surface area (Å²) in [4.78, 5) is 6.22. The molecule has 3 heteroatoms. The summed E-state index contributed by atoms with van der Waals surface area (Å²) in [6.45, 7) is 2.19. The van der Waals surface area contributed by atoms with Gasteiger partial charge >= 0.3 is 0 Å². The number of rotatable bonds is 4. The van der Waals surface area contributed by atoms with E-state index in [0.29, 0.717) is 11.7 Å². The van der Waals surface area contributed by atoms with Gasteiger partial charge in [0, 0.05) is 4.91 Å². The van der Waals surface area contributed by atoms with Gasteiger partial charge < -0.3 is 4.89 Å². The van der Waals surface area contributed by atoms with Gasteiger partial charge in [-0.3, -0.25) is 0 Å². The van der Waals surface area contributed by atoms with Crippen LogP contribution >= 0.6 is 12.0 Å². The van der Waals surface area contributed by atoms with Gasteiger partial charge in [0.1, 0.15) is 0 Å². The van der Waals surface area contributed by atoms with Gasteiger partial charge in [-0.05, 0) is 24.5 Å². The molecule has 0 saturated carbocycles. The lowest BCUT2D eigenvalue weighted by Crippen LogP contribution is -1.94. The van der Waals surface area contributed by atoms with Crippen molar-refractivity contribution < 1.29 is 9.22 Å². The first-order valence-corrected chi connectivity index (χ1v) is 6.03. The molecule has 1 aliphatic carbocycles. The van der Waals surface area contributed by atoms with Crippen molar-refractivity contribution in [2.75, 3.05) is 0 Å². The Hall–Kier alpha value is -1.19. The first kappa shape index (κ1) is 11.3. The lowest BCUT2D eigenvalue weighted by atomic mass is 10.0. The maximum atomic E-state index is 5.12. The third-order valence-electron chi connectivity index (χ3n) is 2.28. The molecular formula is C13H14O2S. The molecule has 0 heterocycles. The summed E-state index contributed by atoms with van der Waals surface area (Å²) in [7, 11) is 0. The molecule has 0 amide bonds. The standard InChI is InChI=1S/C13H14O2S/c1-11-7-9-13(10-8-11)16-15-14-12-5-3-2-4-6-12/h2-7,9-11H,8H2,1H3/t11-/m1/s1. The average molecular weight is 234 g/mol. The van der Waals surface area contributed by atoms with Crippen molar-refractivity contribution in [1.82, 2.24) is 0 Å². The maximum absolute atomic E-state index is 5.12. The summed E-state index contributed by atoms with van der Waals surface area (Å²) in [5.74, 6) is 1.34. The fourth-order valence-electron chi connectivity index (χ4n) is 1.34. The Morgan fingerprint density at radius 3 is 2.75 bits per heavy atom. The third kappa shape index (κ3) is 3.43. The van der Waals surface area contributed by atoms with E-state index in [1.807, 2.05) is 30.3 Å². The monoisotopic (exact) mass is 234 g/mol. The van der Waals surface area contributed by atoms with Gasteiger partial charge in [0.2, 0.25) is 0 Å². The summed E-state index contributed by atoms with van der Waals surface area (Å²) in [6.07, 6.45) is 7.46. The molecule has 0 aromatic heterocycles. The summed E-state index contributed by atoms with van der Waals surface area (Å²) in [5.41, 5.74) is 0. The van der Waals surface area contributed by atoms with E-state index in [9.17, 15) is 0 Å². The molecule has 0 radical (unpaired) electrons. The maximum Gasteiger partial charge on any atom is 0.166 e. The smallest absolute Gasteiger partial charge is 0.166 e. The number of benzene rings is 1. The largest absolute Gasteiger partial charge is 0.325 e. The van der Waals surface area contributed by atoms with Crippen LogP contribution in [0.1, 0.15) is 13.3 Å². The molecule has 1 aliphatic rings. The molecule has 0 N–H and O–H groups in total. The first-order valence-electron chi connectivity index (χ1n) is 5.29. The van der Waals surface area contributed by atoms with Gasteiger partial charge in [0.15, 0.2) is 5.75 Å². The van der Waals surface area contributed by atoms with Crippen LogP contribution in [0.2, 0.25) is 0 Å². The molecule has 0 fully saturated rings. The topological polar surface area (TPSA) is 18.5 Å². The van der Waals surface area contributed by atoms with Crippen molar-refractivity contribution in [3.05, 3.63) is 53.5 Å². The molecule has 84 valence electrons. The molecule has 2 nitrogen and oxygen atoms in total. The van der Waals surface area contributed by atoms with Crippen LogP contribution in [0.3, 0.4) is 0 Å². The van der Waals surface area contributed by atoms with E-state index in [1.54, 1.807) is 0 Å². The second-order valence-corrected chi connectivity index (χ2v) is 4.50. The van der Waals surface area contributed by atoms with Crippen LogP contribution < -0.4 is 4.89 Å². The van der Waals surface area contributed by atoms with Crippen LogP contribution in [0.25, 0.3) is 0 Å². The van der Waals surface area contributed by atoms with Crippen molar-refractivity contribution in [3.63, 3.8) is 0 Å². The molecule has 2 rings (SSSR count). The van der Waals surface area contributed by atoms with Crippen LogP contribution in [0.5, 0.6) is 5.75 Å². The molecule has 0 aliphatic heterocycles. The third-order valence-corrected chi connectivity index (χ3v) is 2.91. The first-order chi connectivity index (χ1) is 7.84. The van der Waals surface area contributed by atoms with Gasteiger partial charge in [0.25, 0.3) is 0 Å². The van der Waals surface area contributed by atoms with Crippen molar-refractivity contribution in [3.8, 4) is 5.75 Å². The summed E-state index contributed by atoms with van der Waals surface area (Å²) < 4.78 is 5.09. The molecule has 0 unspecified atom stereocenters. The highest BCUT2D eigenvalue weighted by atomic mass is 32.2. The van der Waals surface area contributed by atoms with Gasteiger partial charge in [0.05, 0.1) is 12.0 Å². The second-order valence-electron chi connectivity index (χ2n) is 3.73. The van der Waals surface area contributed by atoms with Crippen molar-refractivity contribution in [2.24, 2.45) is 5.92 Å². The van der Waals surface area contributed by atoms with E-state index in [0.717, 1.165) is 11.3 Å². The number of para-hydroxylation sites is 1. The molecule has 1 aromatic rings. The summed E-state index contributed by atoms with van der Waals surface area (Å²) >= 11 is 1.25. The van der Waals surface area contributed by atoms with E-state index in [1.165, 1.54) is 12.0 Å². The minimum absolute atomic E-state index is 0.624. The Labute approximate surface area is 100 Å². The van der Waals surface area contributed by atoms with Crippen molar-refractivity contribution in [1.29, 1.82) is 0 Å². The van der Waals surface area contributed by atoms with Gasteiger partial charge in [-0.2, -0.15) is 0 Å². The Bertz CT molecular complexity index is 384. The fraction of sp³-hybridized carbons (Fsp3) is 0.231. The van der Waals surface area contributed by atoms with E-state index >= 15 is 0 Å². The van der Waals surface area contributed by atoms with E-state index in [-0.39, 0.29) is 0 Å². The van der Waals surface area contributed by atoms with Gasteiger partial charge in [-0.25, -0.2) is 0 Å². The molecule has 0 spiro atoms. The van der Waals surface area contributed by atoms with Gasteiger partial charge in [-0.1, -0.05) is 43.4 Å². The highest BCUT2D eigenvalue weighted by Crippen LogP contribution is 2.26. The average Bonchev–Trinajstić information content (AvgIpc) is 2.33. The highest BCUT2D eigenvalue weighted by Gasteiger charge is 2.05. The van der Waals surface area contributed by atoms with Gasteiger partial charge in [-0.15, -0.1) is 4.33 Å². The lowest BCUT2D eigenvalue weighted by Gasteiger charge is -2.10. The minimum Gasteiger partial charge on any atom is -0.325 e. The molecule has 16 heavy (non-hydrogen) atoms. The molecule has 0 bridgehead atoms. The van der Waals surface area contributed by atoms with Crippen LogP contribution in [-0.2, 0) is 4.33 Å². The normalized spacial score (nSPS) is 19.3. The minimum atomic E-state index is 0.624. The van der Waals surface area contributed by atoms with E-state index in [4.69, 9.17) is 9.22 Å². The quantitative estimate of drug-likeness (QED) is 0.443. The SMILES string of the molecule is C[C@@H]1C=CC(SOOc2ccccc2)=CC1. The lowest BCUT2D eigenvalue weighted by molar-refractivity contribution is -0.0767.